The molecule has 0 unspecified atom stereocenters. The molecule has 1 amide bonds. The van der Waals surface area contributed by atoms with Crippen molar-refractivity contribution in [2.24, 2.45) is 0 Å². The first-order valence-corrected chi connectivity index (χ1v) is 8.96. The molecule has 10 nitrogen and oxygen atoms in total. The van der Waals surface area contributed by atoms with Crippen molar-refractivity contribution in [1.82, 2.24) is 30.4 Å². The summed E-state index contributed by atoms with van der Waals surface area (Å²) in [6.45, 7) is 1.63. The highest BCUT2D eigenvalue weighted by molar-refractivity contribution is 5.94. The van der Waals surface area contributed by atoms with Crippen molar-refractivity contribution >= 4 is 22.8 Å². The fraction of sp³-hybridized carbons (Fsp3) is 0.278. The molecular weight excluding hydrogens is 362 g/mol. The predicted molar refractivity (Wildman–Crippen MR) is 97.7 cm³/mol. The smallest absolute Gasteiger partial charge is 0.273 e. The average molecular weight is 379 g/mol. The minimum absolute atomic E-state index is 0.270. The van der Waals surface area contributed by atoms with Gasteiger partial charge >= 0.3 is 0 Å². The molecular formula is C18H17N7O3. The van der Waals surface area contributed by atoms with Crippen molar-refractivity contribution in [3.8, 4) is 0 Å². The Kier molecular flexibility index (Phi) is 4.00. The van der Waals surface area contributed by atoms with Crippen molar-refractivity contribution in [2.75, 3.05) is 18.0 Å². The number of hydrogen-bond acceptors (Lipinski definition) is 8. The summed E-state index contributed by atoms with van der Waals surface area (Å²) < 4.78 is 10.6. The van der Waals surface area contributed by atoms with E-state index in [0.717, 1.165) is 34.7 Å². The molecule has 5 rings (SSSR count). The molecule has 0 atom stereocenters. The van der Waals surface area contributed by atoms with E-state index in [0.29, 0.717) is 37.5 Å². The number of aromatic nitrogens is 5. The highest BCUT2D eigenvalue weighted by atomic mass is 16.5. The fourth-order valence-corrected chi connectivity index (χ4v) is 3.42. The third-order valence-corrected chi connectivity index (χ3v) is 4.78. The third-order valence-electron chi connectivity index (χ3n) is 4.78. The van der Waals surface area contributed by atoms with Crippen LogP contribution in [-0.2, 0) is 19.4 Å². The fourth-order valence-electron chi connectivity index (χ4n) is 3.42. The lowest BCUT2D eigenvalue weighted by Crippen LogP contribution is -2.33. The Labute approximate surface area is 159 Å². The molecule has 0 bridgehead atoms. The van der Waals surface area contributed by atoms with Crippen LogP contribution in [0.5, 0.6) is 0 Å². The molecule has 28 heavy (non-hydrogen) atoms. The van der Waals surface area contributed by atoms with Gasteiger partial charge in [-0.25, -0.2) is 15.0 Å². The second-order valence-electron chi connectivity index (χ2n) is 6.47. The van der Waals surface area contributed by atoms with Crippen LogP contribution in [0.1, 0.15) is 27.7 Å². The van der Waals surface area contributed by atoms with Gasteiger partial charge in [-0.1, -0.05) is 5.16 Å². The summed E-state index contributed by atoms with van der Waals surface area (Å²) in [4.78, 5) is 30.5. The summed E-state index contributed by atoms with van der Waals surface area (Å²) in [5, 5.41) is 7.79. The lowest BCUT2D eigenvalue weighted by Gasteiger charge is -2.27. The molecule has 0 aromatic carbocycles. The molecule has 2 N–H and O–H groups in total. The van der Waals surface area contributed by atoms with Gasteiger partial charge in [0.25, 0.3) is 5.91 Å². The number of anilines is 1. The van der Waals surface area contributed by atoms with E-state index in [2.05, 4.69) is 35.3 Å². The lowest BCUT2D eigenvalue weighted by molar-refractivity contribution is 0.0943. The van der Waals surface area contributed by atoms with Crippen LogP contribution in [0, 0.1) is 0 Å². The number of carbonyl (C=O) groups is 1. The van der Waals surface area contributed by atoms with Gasteiger partial charge in [0.05, 0.1) is 18.1 Å². The maximum absolute atomic E-state index is 12.6. The van der Waals surface area contributed by atoms with Gasteiger partial charge in [-0.2, -0.15) is 0 Å². The van der Waals surface area contributed by atoms with Crippen molar-refractivity contribution in [1.29, 1.82) is 0 Å². The highest BCUT2D eigenvalue weighted by Crippen LogP contribution is 2.29. The maximum Gasteiger partial charge on any atom is 0.273 e. The standard InChI is InChI=1S/C18H17N7O3/c26-18(21-5-2-14-19-6-8-27-14)15-12-9-25(7-3-13(12)28-24-15)17-11-1-4-20-16(11)22-10-23-17/h1,4,6,8,10H,2-3,5,7,9H2,(H,21,26)(H,20,22,23). The largest absolute Gasteiger partial charge is 0.449 e. The van der Waals surface area contributed by atoms with Gasteiger partial charge in [0, 0.05) is 37.7 Å². The third kappa shape index (κ3) is 2.88. The minimum Gasteiger partial charge on any atom is -0.449 e. The predicted octanol–water partition coefficient (Wildman–Crippen LogP) is 1.47. The molecule has 0 saturated heterocycles. The van der Waals surface area contributed by atoms with E-state index in [-0.39, 0.29) is 5.91 Å². The maximum atomic E-state index is 12.6. The van der Waals surface area contributed by atoms with Crippen LogP contribution in [0.2, 0.25) is 0 Å². The van der Waals surface area contributed by atoms with Crippen molar-refractivity contribution < 1.29 is 13.7 Å². The van der Waals surface area contributed by atoms with Crippen molar-refractivity contribution in [2.45, 2.75) is 19.4 Å². The van der Waals surface area contributed by atoms with Crippen LogP contribution in [0.25, 0.3) is 11.0 Å². The van der Waals surface area contributed by atoms with Crippen LogP contribution in [0.4, 0.5) is 5.82 Å². The summed E-state index contributed by atoms with van der Waals surface area (Å²) in [5.41, 5.74) is 1.89. The summed E-state index contributed by atoms with van der Waals surface area (Å²) in [6, 6.07) is 1.95. The Balaban J connectivity index is 1.33. The molecule has 5 heterocycles. The van der Waals surface area contributed by atoms with Gasteiger partial charge in [0.1, 0.15) is 29.8 Å². The average Bonchev–Trinajstić information content (AvgIpc) is 3.46. The van der Waals surface area contributed by atoms with Crippen LogP contribution in [0.15, 0.2) is 40.0 Å². The monoisotopic (exact) mass is 379 g/mol. The van der Waals surface area contributed by atoms with Crippen molar-refractivity contribution in [3.63, 3.8) is 0 Å². The molecule has 4 aromatic heterocycles. The summed E-state index contributed by atoms with van der Waals surface area (Å²) in [6.07, 6.45) is 7.62. The first kappa shape index (κ1) is 16.5. The van der Waals surface area contributed by atoms with E-state index >= 15 is 0 Å². The minimum atomic E-state index is -0.270. The SMILES string of the molecule is O=C(NCCc1ncco1)c1noc2c1CN(c1ncnc3[nH]ccc13)CC2. The zero-order chi connectivity index (χ0) is 18.9. The number of rotatable bonds is 5. The van der Waals surface area contributed by atoms with Gasteiger partial charge < -0.3 is 24.1 Å². The Morgan fingerprint density at radius 2 is 2.29 bits per heavy atom. The van der Waals surface area contributed by atoms with E-state index in [9.17, 15) is 4.79 Å². The Morgan fingerprint density at radius 3 is 3.18 bits per heavy atom. The van der Waals surface area contributed by atoms with Crippen LogP contribution < -0.4 is 10.2 Å². The molecule has 142 valence electrons. The molecule has 10 heteroatoms. The first-order valence-electron chi connectivity index (χ1n) is 8.96. The second-order valence-corrected chi connectivity index (χ2v) is 6.47. The molecule has 0 spiro atoms. The van der Waals surface area contributed by atoms with E-state index in [1.165, 1.54) is 12.6 Å². The number of nitrogens with zero attached hydrogens (tertiary/aromatic N) is 5. The number of oxazole rings is 1. The van der Waals surface area contributed by atoms with Gasteiger partial charge in [0.2, 0.25) is 0 Å². The number of fused-ring (bicyclic) bond motifs is 2. The van der Waals surface area contributed by atoms with Gasteiger partial charge in [0.15, 0.2) is 11.6 Å². The Hall–Kier alpha value is -3.69. The number of carbonyl (C=O) groups excluding carboxylic acids is 1. The summed E-state index contributed by atoms with van der Waals surface area (Å²) in [7, 11) is 0. The molecule has 0 saturated carbocycles. The zero-order valence-electron chi connectivity index (χ0n) is 14.9. The zero-order valence-corrected chi connectivity index (χ0v) is 14.9. The van der Waals surface area contributed by atoms with E-state index < -0.39 is 0 Å². The van der Waals surface area contributed by atoms with Crippen molar-refractivity contribution in [3.05, 3.63) is 54.0 Å². The number of aromatic amines is 1. The van der Waals surface area contributed by atoms with E-state index in [1.54, 1.807) is 6.20 Å². The second kappa shape index (κ2) is 6.80. The molecule has 0 fully saturated rings. The van der Waals surface area contributed by atoms with Crippen LogP contribution in [0.3, 0.4) is 0 Å². The molecule has 1 aliphatic heterocycles. The van der Waals surface area contributed by atoms with Gasteiger partial charge in [-0.05, 0) is 6.07 Å². The number of amides is 1. The Morgan fingerprint density at radius 1 is 1.32 bits per heavy atom. The Bertz CT molecular complexity index is 1120. The first-order chi connectivity index (χ1) is 13.8. The topological polar surface area (TPSA) is 126 Å². The number of nitrogens with one attached hydrogen (secondary N) is 2. The van der Waals surface area contributed by atoms with Crippen LogP contribution >= 0.6 is 0 Å². The van der Waals surface area contributed by atoms with E-state index in [1.807, 2.05) is 12.3 Å². The van der Waals surface area contributed by atoms with Crippen LogP contribution in [-0.4, -0.2) is 44.1 Å². The molecule has 0 aliphatic carbocycles. The summed E-state index contributed by atoms with van der Waals surface area (Å²) in [5.74, 6) is 1.88. The number of hydrogen-bond donors (Lipinski definition) is 2. The molecule has 4 aromatic rings. The normalized spacial score (nSPS) is 13.6. The lowest BCUT2D eigenvalue weighted by atomic mass is 10.1. The highest BCUT2D eigenvalue weighted by Gasteiger charge is 2.29. The van der Waals surface area contributed by atoms with E-state index in [4.69, 9.17) is 8.94 Å². The van der Waals surface area contributed by atoms with Gasteiger partial charge in [-0.3, -0.25) is 4.79 Å². The molecule has 1 aliphatic rings. The summed E-state index contributed by atoms with van der Waals surface area (Å²) >= 11 is 0. The molecule has 0 radical (unpaired) electrons. The van der Waals surface area contributed by atoms with Gasteiger partial charge in [-0.15, -0.1) is 0 Å². The number of H-pyrrole nitrogens is 1. The quantitative estimate of drug-likeness (QED) is 0.534.